The summed E-state index contributed by atoms with van der Waals surface area (Å²) in [5.74, 6) is -0.604. The second kappa shape index (κ2) is 5.05. The van der Waals surface area contributed by atoms with Gasteiger partial charge >= 0.3 is 0 Å². The maximum atomic E-state index is 11.3. The van der Waals surface area contributed by atoms with Gasteiger partial charge in [0.25, 0.3) is 0 Å². The molecule has 0 bridgehead atoms. The first-order chi connectivity index (χ1) is 5.50. The van der Waals surface area contributed by atoms with Crippen LogP contribution in [0.15, 0.2) is 0 Å². The average molecular weight is 190 g/mol. The highest BCUT2D eigenvalue weighted by atomic mass is 32.1. The smallest absolute Gasteiger partial charge is 0.232 e. The van der Waals surface area contributed by atoms with E-state index in [0.717, 1.165) is 0 Å². The standard InChI is InChI=1S/C7H14N2O2S/c1-5(6(8)12)7(11)9(2)3-4-10/h5,10H,3-4H2,1-2H3,(H2,8,12). The van der Waals surface area contributed by atoms with Crippen LogP contribution in [0, 0.1) is 5.92 Å². The van der Waals surface area contributed by atoms with E-state index in [1.54, 1.807) is 14.0 Å². The first kappa shape index (κ1) is 11.3. The molecule has 0 radical (unpaired) electrons. The zero-order valence-corrected chi connectivity index (χ0v) is 8.10. The van der Waals surface area contributed by atoms with Crippen molar-refractivity contribution in [3.63, 3.8) is 0 Å². The number of aliphatic hydroxyl groups is 1. The van der Waals surface area contributed by atoms with Gasteiger partial charge in [-0.2, -0.15) is 0 Å². The van der Waals surface area contributed by atoms with E-state index >= 15 is 0 Å². The number of aliphatic hydroxyl groups excluding tert-OH is 1. The predicted molar refractivity (Wildman–Crippen MR) is 50.7 cm³/mol. The Labute approximate surface area is 77.3 Å². The molecule has 0 aliphatic carbocycles. The summed E-state index contributed by atoms with van der Waals surface area (Å²) in [5.41, 5.74) is 5.29. The molecule has 0 aromatic carbocycles. The van der Waals surface area contributed by atoms with E-state index in [0.29, 0.717) is 6.54 Å². The number of hydrogen-bond acceptors (Lipinski definition) is 3. The minimum absolute atomic E-state index is 0.0493. The van der Waals surface area contributed by atoms with Crippen molar-refractivity contribution in [1.29, 1.82) is 0 Å². The Kier molecular flexibility index (Phi) is 4.77. The molecule has 70 valence electrons. The number of nitrogens with two attached hydrogens (primary N) is 1. The first-order valence-corrected chi connectivity index (χ1v) is 4.06. The van der Waals surface area contributed by atoms with Gasteiger partial charge in [-0.25, -0.2) is 0 Å². The summed E-state index contributed by atoms with van der Waals surface area (Å²) >= 11 is 4.67. The Morgan fingerprint density at radius 3 is 2.58 bits per heavy atom. The van der Waals surface area contributed by atoms with Crippen molar-refractivity contribution >= 4 is 23.1 Å². The van der Waals surface area contributed by atoms with Gasteiger partial charge in [0.1, 0.15) is 0 Å². The monoisotopic (exact) mass is 190 g/mol. The Hall–Kier alpha value is -0.680. The second-order valence-corrected chi connectivity index (χ2v) is 3.08. The molecular weight excluding hydrogens is 176 g/mol. The van der Waals surface area contributed by atoms with Crippen LogP contribution in [0.3, 0.4) is 0 Å². The number of carbonyl (C=O) groups excluding carboxylic acids is 1. The molecule has 0 aromatic rings. The van der Waals surface area contributed by atoms with Crippen molar-refractivity contribution in [1.82, 2.24) is 4.90 Å². The van der Waals surface area contributed by atoms with Crippen molar-refractivity contribution in [2.24, 2.45) is 11.7 Å². The highest BCUT2D eigenvalue weighted by molar-refractivity contribution is 7.80. The van der Waals surface area contributed by atoms with E-state index in [4.69, 9.17) is 10.8 Å². The lowest BCUT2D eigenvalue weighted by Crippen LogP contribution is -2.38. The Balaban J connectivity index is 4.09. The van der Waals surface area contributed by atoms with Crippen LogP contribution in [-0.2, 0) is 4.79 Å². The van der Waals surface area contributed by atoms with Gasteiger partial charge in [-0.15, -0.1) is 0 Å². The summed E-state index contributed by atoms with van der Waals surface area (Å²) < 4.78 is 0. The SMILES string of the molecule is CC(C(=O)N(C)CCO)C(N)=S. The van der Waals surface area contributed by atoms with Crippen LogP contribution in [0.4, 0.5) is 0 Å². The minimum atomic E-state index is -0.448. The Morgan fingerprint density at radius 1 is 1.75 bits per heavy atom. The number of rotatable bonds is 4. The third kappa shape index (κ3) is 3.15. The fourth-order valence-corrected chi connectivity index (χ4v) is 0.813. The number of likely N-dealkylation sites (N-methyl/N-ethyl adjacent to an activating group) is 1. The zero-order valence-electron chi connectivity index (χ0n) is 7.28. The fourth-order valence-electron chi connectivity index (χ4n) is 0.712. The molecule has 0 fully saturated rings. The highest BCUT2D eigenvalue weighted by Crippen LogP contribution is 2.00. The Bertz CT molecular complexity index is 184. The molecule has 0 saturated carbocycles. The lowest BCUT2D eigenvalue weighted by molar-refractivity contribution is -0.132. The third-order valence-corrected chi connectivity index (χ3v) is 1.96. The van der Waals surface area contributed by atoms with Gasteiger partial charge in [-0.05, 0) is 6.92 Å². The number of hydrogen-bond donors (Lipinski definition) is 2. The molecule has 4 nitrogen and oxygen atoms in total. The Morgan fingerprint density at radius 2 is 2.25 bits per heavy atom. The first-order valence-electron chi connectivity index (χ1n) is 3.65. The molecule has 0 spiro atoms. The highest BCUT2D eigenvalue weighted by Gasteiger charge is 2.18. The molecule has 0 aromatic heterocycles. The van der Waals surface area contributed by atoms with Gasteiger partial charge in [0.2, 0.25) is 5.91 Å². The normalized spacial score (nSPS) is 12.2. The second-order valence-electron chi connectivity index (χ2n) is 2.61. The molecular formula is C7H14N2O2S. The van der Waals surface area contributed by atoms with Crippen LogP contribution in [0.25, 0.3) is 0 Å². The molecule has 12 heavy (non-hydrogen) atoms. The van der Waals surface area contributed by atoms with E-state index in [-0.39, 0.29) is 17.5 Å². The molecule has 0 aliphatic rings. The van der Waals surface area contributed by atoms with Gasteiger partial charge in [0.05, 0.1) is 17.5 Å². The van der Waals surface area contributed by atoms with Crippen LogP contribution in [0.1, 0.15) is 6.92 Å². The number of thiocarbonyl (C=S) groups is 1. The lowest BCUT2D eigenvalue weighted by atomic mass is 10.1. The van der Waals surface area contributed by atoms with Gasteiger partial charge in [-0.1, -0.05) is 12.2 Å². The van der Waals surface area contributed by atoms with Gasteiger partial charge < -0.3 is 15.7 Å². The molecule has 3 N–H and O–H groups in total. The molecule has 1 unspecified atom stereocenters. The number of carbonyl (C=O) groups is 1. The van der Waals surface area contributed by atoms with Crippen LogP contribution >= 0.6 is 12.2 Å². The van der Waals surface area contributed by atoms with Gasteiger partial charge in [-0.3, -0.25) is 4.79 Å². The van der Waals surface area contributed by atoms with E-state index in [2.05, 4.69) is 12.2 Å². The van der Waals surface area contributed by atoms with E-state index < -0.39 is 5.92 Å². The summed E-state index contributed by atoms with van der Waals surface area (Å²) in [7, 11) is 1.60. The van der Waals surface area contributed by atoms with Crippen molar-refractivity contribution in [2.45, 2.75) is 6.92 Å². The quantitative estimate of drug-likeness (QED) is 0.579. The van der Waals surface area contributed by atoms with Crippen molar-refractivity contribution < 1.29 is 9.90 Å². The molecule has 5 heteroatoms. The predicted octanol–water partition coefficient (Wildman–Crippen LogP) is -0.641. The molecule has 0 heterocycles. The maximum Gasteiger partial charge on any atom is 0.232 e. The topological polar surface area (TPSA) is 66.6 Å². The average Bonchev–Trinajstić information content (AvgIpc) is 2.02. The minimum Gasteiger partial charge on any atom is -0.395 e. The molecule has 0 aliphatic heterocycles. The van der Waals surface area contributed by atoms with Crippen molar-refractivity contribution in [3.05, 3.63) is 0 Å². The number of amides is 1. The molecule has 0 saturated heterocycles. The summed E-state index contributed by atoms with van der Waals surface area (Å²) in [5, 5.41) is 8.55. The summed E-state index contributed by atoms with van der Waals surface area (Å²) in [6.07, 6.45) is 0. The van der Waals surface area contributed by atoms with Gasteiger partial charge in [0, 0.05) is 13.6 Å². The third-order valence-electron chi connectivity index (χ3n) is 1.61. The molecule has 1 amide bonds. The lowest BCUT2D eigenvalue weighted by Gasteiger charge is -2.19. The van der Waals surface area contributed by atoms with Crippen LogP contribution in [0.2, 0.25) is 0 Å². The van der Waals surface area contributed by atoms with E-state index in [1.165, 1.54) is 4.90 Å². The number of nitrogens with zero attached hydrogens (tertiary/aromatic N) is 1. The van der Waals surface area contributed by atoms with Crippen molar-refractivity contribution in [3.8, 4) is 0 Å². The zero-order chi connectivity index (χ0) is 9.72. The van der Waals surface area contributed by atoms with Gasteiger partial charge in [0.15, 0.2) is 0 Å². The van der Waals surface area contributed by atoms with E-state index in [9.17, 15) is 4.79 Å². The largest absolute Gasteiger partial charge is 0.395 e. The van der Waals surface area contributed by atoms with Crippen LogP contribution in [0.5, 0.6) is 0 Å². The molecule has 1 atom stereocenters. The summed E-state index contributed by atoms with van der Waals surface area (Å²) in [6, 6.07) is 0. The van der Waals surface area contributed by atoms with Crippen LogP contribution < -0.4 is 5.73 Å². The summed E-state index contributed by atoms with van der Waals surface area (Å²) in [4.78, 5) is 12.9. The molecule has 0 rings (SSSR count). The van der Waals surface area contributed by atoms with E-state index in [1.807, 2.05) is 0 Å². The fraction of sp³-hybridized carbons (Fsp3) is 0.714. The van der Waals surface area contributed by atoms with Crippen molar-refractivity contribution in [2.75, 3.05) is 20.2 Å². The summed E-state index contributed by atoms with van der Waals surface area (Å²) in [6.45, 7) is 1.91. The maximum absolute atomic E-state index is 11.3. The van der Waals surface area contributed by atoms with Crippen LogP contribution in [-0.4, -0.2) is 41.1 Å².